The van der Waals surface area contributed by atoms with Gasteiger partial charge < -0.3 is 0 Å². The summed E-state index contributed by atoms with van der Waals surface area (Å²) in [5.41, 5.74) is 0. The van der Waals surface area contributed by atoms with Crippen LogP contribution in [0.4, 0.5) is 0 Å². The van der Waals surface area contributed by atoms with Gasteiger partial charge in [-0.2, -0.15) is 0 Å². The molecule has 0 spiro atoms. The number of hydrogen-bond acceptors (Lipinski definition) is 0. The highest BCUT2D eigenvalue weighted by molar-refractivity contribution is 7.97. The third-order valence-corrected chi connectivity index (χ3v) is 0. The molecule has 32 valence electrons. The second-order valence-corrected chi connectivity index (χ2v) is 10.1. The van der Waals surface area contributed by atoms with Crippen LogP contribution in [0.3, 0.4) is 0 Å². The average Bonchev–Trinajstić information content (AvgIpc) is 0.722. The maximum Gasteiger partial charge on any atom is -0.0416 e. The Labute approximate surface area is 36.0 Å². The predicted octanol–water partition coefficient (Wildman–Crippen LogP) is 1.95. The second kappa shape index (κ2) is 1.45. The van der Waals surface area contributed by atoms with Crippen molar-refractivity contribution in [2.24, 2.45) is 0 Å². The molecule has 0 nitrogen and oxygen atoms in total. The van der Waals surface area contributed by atoms with Gasteiger partial charge in [0.25, 0.3) is 0 Å². The van der Waals surface area contributed by atoms with Crippen molar-refractivity contribution in [1.29, 1.82) is 0 Å². The molecule has 0 unspecified atom stereocenters. The lowest BCUT2D eigenvalue weighted by Gasteiger charge is -1.94. The maximum absolute atomic E-state index is 3.53. The molecule has 2 heteroatoms. The first-order chi connectivity index (χ1) is 2.00. The molecule has 5 heavy (non-hydrogen) atoms. The summed E-state index contributed by atoms with van der Waals surface area (Å²) in [6.07, 6.45) is 0. The Kier molecular flexibility index (Phi) is 1.67. The van der Waals surface area contributed by atoms with Gasteiger partial charge in [0.05, 0.1) is 0 Å². The molecule has 0 aromatic carbocycles. The molecule has 0 N–H and O–H groups in total. The third kappa shape index (κ3) is 66.2. The highest BCUT2D eigenvalue weighted by Gasteiger charge is 1.80. The smallest absolute Gasteiger partial charge is 0.0416 e. The fourth-order valence-corrected chi connectivity index (χ4v) is 0. The fraction of sp³-hybridized carbons (Fsp3) is 1.00. The molecule has 0 radical (unpaired) electrons. The SMILES string of the molecule is CP(C)(C)=P. The van der Waals surface area contributed by atoms with E-state index in [1.54, 1.807) is 0 Å². The topological polar surface area (TPSA) is 0 Å². The van der Waals surface area contributed by atoms with Crippen LogP contribution in [0.15, 0.2) is 0 Å². The Hall–Kier alpha value is 0.730. The molecule has 0 aliphatic carbocycles. The van der Waals surface area contributed by atoms with Crippen LogP contribution in [-0.4, -0.2) is 20.0 Å². The number of hydrogen-bond donors (Lipinski definition) is 0. The van der Waals surface area contributed by atoms with Crippen molar-refractivity contribution < 1.29 is 0 Å². The Morgan fingerprint density at radius 1 is 1.20 bits per heavy atom. The van der Waals surface area contributed by atoms with Gasteiger partial charge in [-0.3, -0.25) is 0 Å². The van der Waals surface area contributed by atoms with E-state index < -0.39 is 6.55 Å². The van der Waals surface area contributed by atoms with Crippen molar-refractivity contribution in [2.75, 3.05) is 20.0 Å². The van der Waals surface area contributed by atoms with Gasteiger partial charge in [-0.15, -0.1) is 8.53 Å². The second-order valence-electron chi connectivity index (χ2n) is 2.01. The summed E-state index contributed by atoms with van der Waals surface area (Å²) in [5, 5.41) is 0. The van der Waals surface area contributed by atoms with Crippen LogP contribution in [0.1, 0.15) is 0 Å². The zero-order chi connectivity index (χ0) is 4.50. The van der Waals surface area contributed by atoms with E-state index in [0.29, 0.717) is 0 Å². The zero-order valence-corrected chi connectivity index (χ0v) is 5.84. The lowest BCUT2D eigenvalue weighted by atomic mass is 11.9. The predicted molar refractivity (Wildman–Crippen MR) is 33.0 cm³/mol. The van der Waals surface area contributed by atoms with Gasteiger partial charge in [0.1, 0.15) is 0 Å². The minimum atomic E-state index is -0.583. The molecule has 0 rings (SSSR count). The summed E-state index contributed by atoms with van der Waals surface area (Å²) in [5.74, 6) is 0. The Morgan fingerprint density at radius 2 is 1.20 bits per heavy atom. The van der Waals surface area contributed by atoms with E-state index in [4.69, 9.17) is 0 Å². The normalized spacial score (nSPS) is 11.8. The molecule has 0 saturated carbocycles. The molecule has 0 saturated heterocycles. The first-order valence-electron chi connectivity index (χ1n) is 1.57. The van der Waals surface area contributed by atoms with E-state index in [2.05, 4.69) is 28.5 Å². The van der Waals surface area contributed by atoms with Gasteiger partial charge in [-0.25, -0.2) is 0 Å². The van der Waals surface area contributed by atoms with E-state index in [0.717, 1.165) is 0 Å². The van der Waals surface area contributed by atoms with E-state index in [1.807, 2.05) is 0 Å². The largest absolute Gasteiger partial charge is 0.127 e. The van der Waals surface area contributed by atoms with Crippen molar-refractivity contribution in [3.63, 3.8) is 0 Å². The highest BCUT2D eigenvalue weighted by Crippen LogP contribution is 2.36. The summed E-state index contributed by atoms with van der Waals surface area (Å²) in [6, 6.07) is 0. The minimum Gasteiger partial charge on any atom is -0.127 e. The first kappa shape index (κ1) is 5.73. The van der Waals surface area contributed by atoms with Crippen LogP contribution in [0.5, 0.6) is 0 Å². The summed E-state index contributed by atoms with van der Waals surface area (Å²) in [4.78, 5) is 0. The van der Waals surface area contributed by atoms with Gasteiger partial charge in [0.15, 0.2) is 0 Å². The van der Waals surface area contributed by atoms with Crippen LogP contribution in [0.2, 0.25) is 0 Å². The molecule has 0 amide bonds. The van der Waals surface area contributed by atoms with Crippen LogP contribution in [0, 0.1) is 0 Å². The van der Waals surface area contributed by atoms with E-state index in [9.17, 15) is 0 Å². The van der Waals surface area contributed by atoms with Gasteiger partial charge in [-0.05, 0) is 20.0 Å². The molecule has 0 aromatic rings. The molecule has 0 aliphatic heterocycles. The van der Waals surface area contributed by atoms with Crippen molar-refractivity contribution in [3.8, 4) is 0 Å². The standard InChI is InChI=1S/C3H10P2/c1-5(2,3)4/h4H,1-3H3. The van der Waals surface area contributed by atoms with Gasteiger partial charge >= 0.3 is 0 Å². The van der Waals surface area contributed by atoms with Crippen LogP contribution in [-0.2, 0) is 0 Å². The Bertz CT molecular complexity index is 51.0. The van der Waals surface area contributed by atoms with E-state index >= 15 is 0 Å². The zero-order valence-electron chi connectivity index (χ0n) is 3.95. The molecule has 0 bridgehead atoms. The lowest BCUT2D eigenvalue weighted by molar-refractivity contribution is 2.12. The molecule has 0 fully saturated rings. The van der Waals surface area contributed by atoms with Gasteiger partial charge in [0.2, 0.25) is 0 Å². The van der Waals surface area contributed by atoms with Gasteiger partial charge in [-0.1, -0.05) is 6.55 Å². The van der Waals surface area contributed by atoms with Crippen LogP contribution >= 0.6 is 15.1 Å². The quantitative estimate of drug-likeness (QED) is 0.416. The summed E-state index contributed by atoms with van der Waals surface area (Å²) >= 11 is 0. The van der Waals surface area contributed by atoms with Crippen LogP contribution < -0.4 is 0 Å². The van der Waals surface area contributed by atoms with Gasteiger partial charge in [0, 0.05) is 0 Å². The fourth-order valence-electron chi connectivity index (χ4n) is 0. The Balaban J connectivity index is 3.47. The molecule has 0 aliphatic rings. The maximum atomic E-state index is 3.53. The van der Waals surface area contributed by atoms with Crippen LogP contribution in [0.25, 0.3) is 0 Å². The summed E-state index contributed by atoms with van der Waals surface area (Å²) in [6.45, 7) is 6.05. The van der Waals surface area contributed by atoms with E-state index in [-0.39, 0.29) is 0 Å². The third-order valence-electron chi connectivity index (χ3n) is 0. The van der Waals surface area contributed by atoms with Crippen molar-refractivity contribution in [1.82, 2.24) is 0 Å². The molecular formula is C3H10P2. The van der Waals surface area contributed by atoms with Crippen molar-refractivity contribution in [2.45, 2.75) is 0 Å². The minimum absolute atomic E-state index is 0.583. The van der Waals surface area contributed by atoms with Crippen molar-refractivity contribution in [3.05, 3.63) is 0 Å². The summed E-state index contributed by atoms with van der Waals surface area (Å²) in [7, 11) is 3.53. The highest BCUT2D eigenvalue weighted by atomic mass is 31.8. The average molecular weight is 108 g/mol. The molecular weight excluding hydrogens is 98.0 g/mol. The van der Waals surface area contributed by atoms with E-state index in [1.165, 1.54) is 0 Å². The number of rotatable bonds is 0. The molecule has 0 heterocycles. The lowest BCUT2D eigenvalue weighted by Crippen LogP contribution is -1.56. The molecule has 0 aromatic heterocycles. The molecule has 0 atom stereocenters. The van der Waals surface area contributed by atoms with Crippen molar-refractivity contribution >= 4 is 15.1 Å². The Morgan fingerprint density at radius 3 is 1.20 bits per heavy atom. The summed E-state index contributed by atoms with van der Waals surface area (Å²) < 4.78 is 0. The first-order valence-corrected chi connectivity index (χ1v) is 6.04. The monoisotopic (exact) mass is 108 g/mol.